The molecular weight excluding hydrogens is 346 g/mol. The summed E-state index contributed by atoms with van der Waals surface area (Å²) in [5.41, 5.74) is 6.66. The maximum absolute atomic E-state index is 6.38. The molecule has 0 radical (unpaired) electrons. The van der Waals surface area contributed by atoms with Crippen molar-refractivity contribution in [3.05, 3.63) is 28.2 Å². The Morgan fingerprint density at radius 3 is 2.71 bits per heavy atom. The first-order chi connectivity index (χ1) is 9.88. The molecule has 1 aromatic carbocycles. The lowest BCUT2D eigenvalue weighted by atomic mass is 9.75. The maximum atomic E-state index is 6.38. The van der Waals surface area contributed by atoms with Crippen LogP contribution >= 0.6 is 28.1 Å². The zero-order chi connectivity index (χ0) is 15.6. The summed E-state index contributed by atoms with van der Waals surface area (Å²) in [4.78, 5) is 0.391. The number of halogens is 1. The van der Waals surface area contributed by atoms with Crippen LogP contribution in [0.2, 0.25) is 0 Å². The van der Waals surface area contributed by atoms with E-state index in [1.54, 1.807) is 0 Å². The van der Waals surface area contributed by atoms with Crippen molar-refractivity contribution in [2.45, 2.75) is 46.1 Å². The third-order valence-electron chi connectivity index (χ3n) is 4.45. The van der Waals surface area contributed by atoms with E-state index in [4.69, 9.17) is 22.7 Å². The van der Waals surface area contributed by atoms with Gasteiger partial charge in [-0.3, -0.25) is 0 Å². The van der Waals surface area contributed by atoms with E-state index in [1.165, 1.54) is 12.8 Å². The third-order valence-corrected chi connectivity index (χ3v) is 5.16. The number of hydrogen-bond acceptors (Lipinski definition) is 2. The molecule has 1 aromatic rings. The molecule has 21 heavy (non-hydrogen) atoms. The van der Waals surface area contributed by atoms with Crippen LogP contribution < -0.4 is 10.5 Å². The molecule has 2 N–H and O–H groups in total. The molecule has 116 valence electrons. The Morgan fingerprint density at radius 1 is 1.38 bits per heavy atom. The fraction of sp³-hybridized carbons (Fsp3) is 0.588. The van der Waals surface area contributed by atoms with Crippen molar-refractivity contribution in [2.24, 2.45) is 23.5 Å². The second-order valence-electron chi connectivity index (χ2n) is 6.49. The highest BCUT2D eigenvalue weighted by molar-refractivity contribution is 9.10. The van der Waals surface area contributed by atoms with Crippen molar-refractivity contribution in [3.8, 4) is 5.75 Å². The van der Waals surface area contributed by atoms with Crippen LogP contribution in [0.15, 0.2) is 22.7 Å². The van der Waals surface area contributed by atoms with Gasteiger partial charge in [-0.1, -0.05) is 55.3 Å². The lowest BCUT2D eigenvalue weighted by molar-refractivity contribution is 0.0458. The van der Waals surface area contributed by atoms with E-state index in [0.717, 1.165) is 22.2 Å². The van der Waals surface area contributed by atoms with Gasteiger partial charge >= 0.3 is 0 Å². The molecule has 2 nitrogen and oxygen atoms in total. The molecule has 0 bridgehead atoms. The SMILES string of the molecule is CC1CCC(C(C)C)C(Oc2cc(Br)ccc2C(N)=S)C1. The van der Waals surface area contributed by atoms with Crippen LogP contribution in [0, 0.1) is 17.8 Å². The molecule has 1 saturated carbocycles. The number of benzene rings is 1. The summed E-state index contributed by atoms with van der Waals surface area (Å²) in [5.74, 6) is 2.74. The monoisotopic (exact) mass is 369 g/mol. The minimum absolute atomic E-state index is 0.246. The number of rotatable bonds is 4. The van der Waals surface area contributed by atoms with Gasteiger partial charge in [-0.15, -0.1) is 0 Å². The number of thiocarbonyl (C=S) groups is 1. The molecule has 1 fully saturated rings. The maximum Gasteiger partial charge on any atom is 0.131 e. The Kier molecular flexibility index (Phi) is 5.67. The summed E-state index contributed by atoms with van der Waals surface area (Å²) in [7, 11) is 0. The first-order valence-electron chi connectivity index (χ1n) is 7.64. The molecular formula is C17H24BrNOS. The molecule has 3 atom stereocenters. The van der Waals surface area contributed by atoms with Gasteiger partial charge in [0, 0.05) is 4.47 Å². The normalized spacial score (nSPS) is 25.9. The predicted octanol–water partition coefficient (Wildman–Crippen LogP) is 4.92. The predicted molar refractivity (Wildman–Crippen MR) is 95.8 cm³/mol. The quantitative estimate of drug-likeness (QED) is 0.764. The lowest BCUT2D eigenvalue weighted by Gasteiger charge is -2.37. The van der Waals surface area contributed by atoms with Crippen LogP contribution in [0.5, 0.6) is 5.75 Å². The second-order valence-corrected chi connectivity index (χ2v) is 7.84. The highest BCUT2D eigenvalue weighted by atomic mass is 79.9. The third kappa shape index (κ3) is 4.19. The van der Waals surface area contributed by atoms with E-state index in [0.29, 0.717) is 22.7 Å². The van der Waals surface area contributed by atoms with Gasteiger partial charge in [0.15, 0.2) is 0 Å². The average Bonchev–Trinajstić information content (AvgIpc) is 2.38. The minimum atomic E-state index is 0.246. The molecule has 1 aliphatic carbocycles. The highest BCUT2D eigenvalue weighted by Gasteiger charge is 2.32. The lowest BCUT2D eigenvalue weighted by Crippen LogP contribution is -2.36. The number of hydrogen-bond donors (Lipinski definition) is 1. The zero-order valence-corrected chi connectivity index (χ0v) is 15.3. The summed E-state index contributed by atoms with van der Waals surface area (Å²) in [6, 6.07) is 5.86. The van der Waals surface area contributed by atoms with Crippen molar-refractivity contribution in [2.75, 3.05) is 0 Å². The van der Waals surface area contributed by atoms with Crippen molar-refractivity contribution in [1.82, 2.24) is 0 Å². The van der Waals surface area contributed by atoms with Crippen LogP contribution in [0.1, 0.15) is 45.6 Å². The van der Waals surface area contributed by atoms with Gasteiger partial charge in [0.05, 0.1) is 5.56 Å². The van der Waals surface area contributed by atoms with E-state index in [9.17, 15) is 0 Å². The van der Waals surface area contributed by atoms with Crippen molar-refractivity contribution in [1.29, 1.82) is 0 Å². The van der Waals surface area contributed by atoms with E-state index in [-0.39, 0.29) is 6.10 Å². The van der Waals surface area contributed by atoms with Gasteiger partial charge in [-0.25, -0.2) is 0 Å². The summed E-state index contributed by atoms with van der Waals surface area (Å²) in [6.45, 7) is 6.88. The van der Waals surface area contributed by atoms with Crippen molar-refractivity contribution in [3.63, 3.8) is 0 Å². The van der Waals surface area contributed by atoms with Gasteiger partial charge in [-0.05, 0) is 48.8 Å². The van der Waals surface area contributed by atoms with Gasteiger partial charge in [0.1, 0.15) is 16.8 Å². The molecule has 0 spiro atoms. The molecule has 0 amide bonds. The summed E-state index contributed by atoms with van der Waals surface area (Å²) in [6.07, 6.45) is 3.88. The van der Waals surface area contributed by atoms with Crippen LogP contribution in [0.25, 0.3) is 0 Å². The van der Waals surface area contributed by atoms with Crippen molar-refractivity contribution >= 4 is 33.1 Å². The summed E-state index contributed by atoms with van der Waals surface area (Å²) >= 11 is 8.65. The van der Waals surface area contributed by atoms with E-state index >= 15 is 0 Å². The molecule has 2 rings (SSSR count). The van der Waals surface area contributed by atoms with Gasteiger partial charge < -0.3 is 10.5 Å². The second kappa shape index (κ2) is 7.10. The van der Waals surface area contributed by atoms with Gasteiger partial charge in [-0.2, -0.15) is 0 Å². The van der Waals surface area contributed by atoms with E-state index < -0.39 is 0 Å². The molecule has 1 aliphatic rings. The van der Waals surface area contributed by atoms with Crippen LogP contribution in [-0.2, 0) is 0 Å². The molecule has 0 saturated heterocycles. The van der Waals surface area contributed by atoms with E-state index in [2.05, 4.69) is 36.7 Å². The topological polar surface area (TPSA) is 35.2 Å². The van der Waals surface area contributed by atoms with Crippen molar-refractivity contribution < 1.29 is 4.74 Å². The fourth-order valence-electron chi connectivity index (χ4n) is 3.21. The van der Waals surface area contributed by atoms with Crippen LogP contribution in [0.3, 0.4) is 0 Å². The number of nitrogens with two attached hydrogens (primary N) is 1. The van der Waals surface area contributed by atoms with Gasteiger partial charge in [0.2, 0.25) is 0 Å². The smallest absolute Gasteiger partial charge is 0.131 e. The molecule has 0 heterocycles. The minimum Gasteiger partial charge on any atom is -0.489 e. The Hall–Kier alpha value is -0.610. The molecule has 4 heteroatoms. The zero-order valence-electron chi connectivity index (χ0n) is 12.9. The first kappa shape index (κ1) is 16.8. The molecule has 0 aliphatic heterocycles. The number of ether oxygens (including phenoxy) is 1. The standard InChI is InChI=1S/C17H24BrNOS/c1-10(2)13-6-4-11(3)8-15(13)20-16-9-12(18)5-7-14(16)17(19)21/h5,7,9-11,13,15H,4,6,8H2,1-3H3,(H2,19,21). The Balaban J connectivity index is 2.26. The Labute approximate surface area is 141 Å². The largest absolute Gasteiger partial charge is 0.489 e. The summed E-state index contributed by atoms with van der Waals surface area (Å²) < 4.78 is 7.36. The molecule has 0 aromatic heterocycles. The Morgan fingerprint density at radius 2 is 2.10 bits per heavy atom. The Bertz CT molecular complexity index is 518. The van der Waals surface area contributed by atoms with E-state index in [1.807, 2.05) is 18.2 Å². The van der Waals surface area contributed by atoms with Gasteiger partial charge in [0.25, 0.3) is 0 Å². The van der Waals surface area contributed by atoms with Crippen LogP contribution in [-0.4, -0.2) is 11.1 Å². The fourth-order valence-corrected chi connectivity index (χ4v) is 3.72. The first-order valence-corrected chi connectivity index (χ1v) is 8.84. The average molecular weight is 370 g/mol. The summed E-state index contributed by atoms with van der Waals surface area (Å²) in [5, 5.41) is 0. The molecule has 3 unspecified atom stereocenters. The van der Waals surface area contributed by atoms with Crippen LogP contribution in [0.4, 0.5) is 0 Å². The highest BCUT2D eigenvalue weighted by Crippen LogP contribution is 2.37.